The summed E-state index contributed by atoms with van der Waals surface area (Å²) in [5.41, 5.74) is 1.88. The summed E-state index contributed by atoms with van der Waals surface area (Å²) in [5.74, 6) is -0.0346. The van der Waals surface area contributed by atoms with Crippen LogP contribution in [0.2, 0.25) is 0 Å². The lowest BCUT2D eigenvalue weighted by Gasteiger charge is -2.43. The number of imidazole rings is 1. The molecule has 1 aliphatic heterocycles. The number of aromatic amines is 1. The lowest BCUT2D eigenvalue weighted by atomic mass is 10.1. The van der Waals surface area contributed by atoms with E-state index >= 15 is 0 Å². The molecule has 3 aromatic rings. The number of quaternary nitrogens is 1. The number of hydroxylamine groups is 2. The van der Waals surface area contributed by atoms with Crippen LogP contribution < -0.4 is 4.65 Å². The van der Waals surface area contributed by atoms with Crippen LogP contribution in [0.5, 0.6) is 0 Å². The molecule has 4 rings (SSSR count). The molecule has 30 heavy (non-hydrogen) atoms. The van der Waals surface area contributed by atoms with E-state index in [1.165, 1.54) is 0 Å². The van der Waals surface area contributed by atoms with Crippen molar-refractivity contribution in [2.24, 2.45) is 0 Å². The number of benzene rings is 1. The fourth-order valence-electron chi connectivity index (χ4n) is 3.67. The summed E-state index contributed by atoms with van der Waals surface area (Å²) in [6.07, 6.45) is 4.73. The lowest BCUT2D eigenvalue weighted by Crippen LogP contribution is -2.62. The van der Waals surface area contributed by atoms with Crippen LogP contribution in [0.25, 0.3) is 0 Å². The summed E-state index contributed by atoms with van der Waals surface area (Å²) < 4.78 is -1.25. The van der Waals surface area contributed by atoms with Gasteiger partial charge < -0.3 is 5.21 Å². The minimum absolute atomic E-state index is 0.0160. The first-order valence-corrected chi connectivity index (χ1v) is 10.0. The van der Waals surface area contributed by atoms with Gasteiger partial charge in [0.2, 0.25) is 11.5 Å². The maximum atomic E-state index is 13.9. The highest BCUT2D eigenvalue weighted by atomic mass is 16.6. The third-order valence-corrected chi connectivity index (χ3v) is 5.18. The van der Waals surface area contributed by atoms with Crippen molar-refractivity contribution in [2.75, 3.05) is 13.1 Å². The number of amides is 3. The van der Waals surface area contributed by atoms with Crippen LogP contribution in [-0.4, -0.2) is 44.9 Å². The van der Waals surface area contributed by atoms with Crippen molar-refractivity contribution in [1.82, 2.24) is 24.5 Å². The Morgan fingerprint density at radius 2 is 1.87 bits per heavy atom. The lowest BCUT2D eigenvalue weighted by molar-refractivity contribution is 0.0744. The van der Waals surface area contributed by atoms with Gasteiger partial charge in [-0.05, 0) is 23.6 Å². The SMILES string of the molecule is CCCN1C(=O)c2nc(Cc3cccnc3)[nH]c2[N+]([O-])(CCc2ccccc2)C1=O. The van der Waals surface area contributed by atoms with Crippen molar-refractivity contribution < 1.29 is 9.59 Å². The van der Waals surface area contributed by atoms with Gasteiger partial charge in [-0.3, -0.25) is 14.8 Å². The predicted molar refractivity (Wildman–Crippen MR) is 113 cm³/mol. The molecule has 1 aromatic carbocycles. The van der Waals surface area contributed by atoms with E-state index in [1.807, 2.05) is 49.4 Å². The molecule has 3 heterocycles. The number of pyridine rings is 1. The maximum Gasteiger partial charge on any atom is 0.432 e. The van der Waals surface area contributed by atoms with Gasteiger partial charge in [-0.2, -0.15) is 0 Å². The third-order valence-electron chi connectivity index (χ3n) is 5.18. The Morgan fingerprint density at radius 1 is 1.10 bits per heavy atom. The summed E-state index contributed by atoms with van der Waals surface area (Å²) in [6, 6.07) is 12.4. The first-order chi connectivity index (χ1) is 14.5. The second-order valence-electron chi connectivity index (χ2n) is 7.36. The molecular weight excluding hydrogens is 382 g/mol. The van der Waals surface area contributed by atoms with E-state index in [4.69, 9.17) is 0 Å². The minimum atomic E-state index is -1.25. The van der Waals surface area contributed by atoms with Crippen LogP contribution in [0.4, 0.5) is 10.6 Å². The Bertz CT molecular complexity index is 1050. The molecule has 1 atom stereocenters. The van der Waals surface area contributed by atoms with Crippen LogP contribution in [0.1, 0.15) is 40.8 Å². The largest absolute Gasteiger partial charge is 0.617 e. The van der Waals surface area contributed by atoms with Crippen molar-refractivity contribution in [3.05, 3.63) is 82.7 Å². The Labute approximate surface area is 174 Å². The number of fused-ring (bicyclic) bond motifs is 1. The average molecular weight is 405 g/mol. The summed E-state index contributed by atoms with van der Waals surface area (Å²) in [5, 5.41) is 13.9. The molecule has 3 amide bonds. The number of carbonyl (C=O) groups is 2. The number of urea groups is 1. The Balaban J connectivity index is 1.70. The molecule has 8 nitrogen and oxygen atoms in total. The van der Waals surface area contributed by atoms with Crippen molar-refractivity contribution in [2.45, 2.75) is 26.2 Å². The molecule has 0 spiro atoms. The van der Waals surface area contributed by atoms with Gasteiger partial charge in [-0.25, -0.2) is 19.3 Å². The quantitative estimate of drug-likeness (QED) is 0.479. The number of carbonyl (C=O) groups excluding carboxylic acids is 2. The predicted octanol–water partition coefficient (Wildman–Crippen LogP) is 3.43. The van der Waals surface area contributed by atoms with Crippen LogP contribution >= 0.6 is 0 Å². The van der Waals surface area contributed by atoms with E-state index < -0.39 is 16.6 Å². The molecule has 0 saturated heterocycles. The fraction of sp³-hybridized carbons (Fsp3) is 0.273. The zero-order valence-electron chi connectivity index (χ0n) is 16.7. The maximum absolute atomic E-state index is 13.9. The third kappa shape index (κ3) is 3.62. The summed E-state index contributed by atoms with van der Waals surface area (Å²) >= 11 is 0. The van der Waals surface area contributed by atoms with Gasteiger partial charge in [-0.15, -0.1) is 0 Å². The zero-order valence-corrected chi connectivity index (χ0v) is 16.7. The molecule has 8 heteroatoms. The van der Waals surface area contributed by atoms with Crippen LogP contribution in [0.15, 0.2) is 54.9 Å². The highest BCUT2D eigenvalue weighted by Crippen LogP contribution is 2.33. The number of nitrogens with zero attached hydrogens (tertiary/aromatic N) is 4. The molecule has 0 saturated carbocycles. The van der Waals surface area contributed by atoms with Crippen molar-refractivity contribution in [1.29, 1.82) is 0 Å². The smallest absolute Gasteiger partial charge is 0.432 e. The molecular formula is C22H23N5O3. The van der Waals surface area contributed by atoms with Crippen LogP contribution in [0.3, 0.4) is 0 Å². The first-order valence-electron chi connectivity index (χ1n) is 10.0. The minimum Gasteiger partial charge on any atom is -0.617 e. The Morgan fingerprint density at radius 3 is 2.57 bits per heavy atom. The van der Waals surface area contributed by atoms with Crippen LogP contribution in [-0.2, 0) is 12.8 Å². The monoisotopic (exact) mass is 405 g/mol. The normalized spacial score (nSPS) is 18.5. The van der Waals surface area contributed by atoms with Gasteiger partial charge in [0.25, 0.3) is 5.91 Å². The number of hydrogen-bond donors (Lipinski definition) is 1. The van der Waals surface area contributed by atoms with E-state index in [2.05, 4.69) is 15.0 Å². The van der Waals surface area contributed by atoms with Gasteiger partial charge in [0.1, 0.15) is 5.82 Å². The van der Waals surface area contributed by atoms with Crippen LogP contribution in [0, 0.1) is 5.21 Å². The first kappa shape index (κ1) is 19.9. The topological polar surface area (TPSA) is 102 Å². The molecule has 1 aliphatic rings. The fourth-order valence-corrected chi connectivity index (χ4v) is 3.67. The van der Waals surface area contributed by atoms with Crippen molar-refractivity contribution in [3.8, 4) is 0 Å². The Kier molecular flexibility index (Phi) is 5.43. The van der Waals surface area contributed by atoms with Gasteiger partial charge in [0.05, 0.1) is 6.54 Å². The number of nitrogens with one attached hydrogen (secondary N) is 1. The van der Waals surface area contributed by atoms with Crippen molar-refractivity contribution in [3.63, 3.8) is 0 Å². The van der Waals surface area contributed by atoms with Gasteiger partial charge in [0, 0.05) is 31.8 Å². The molecule has 154 valence electrons. The molecule has 2 aromatic heterocycles. The Hall–Kier alpha value is -3.36. The molecule has 0 radical (unpaired) electrons. The van der Waals surface area contributed by atoms with Gasteiger partial charge >= 0.3 is 6.03 Å². The van der Waals surface area contributed by atoms with E-state index in [1.54, 1.807) is 12.4 Å². The number of aromatic nitrogens is 3. The summed E-state index contributed by atoms with van der Waals surface area (Å²) in [6.45, 7) is 2.03. The van der Waals surface area contributed by atoms with E-state index in [0.717, 1.165) is 16.0 Å². The van der Waals surface area contributed by atoms with E-state index in [-0.39, 0.29) is 24.6 Å². The number of rotatable bonds is 7. The molecule has 0 bridgehead atoms. The summed E-state index contributed by atoms with van der Waals surface area (Å²) in [7, 11) is 0. The van der Waals surface area contributed by atoms with Gasteiger partial charge in [-0.1, -0.05) is 43.3 Å². The standard InChI is InChI=1S/C22H23N5O3/c1-2-12-26-21(28)19-20(25-18(24-19)14-17-9-6-11-23-15-17)27(30,22(26)29)13-10-16-7-4-3-5-8-16/h3-9,11,15H,2,10,12-14H2,1H3,(H,24,25). The molecule has 1 unspecified atom stereocenters. The highest BCUT2D eigenvalue weighted by molar-refractivity contribution is 6.13. The molecule has 0 aliphatic carbocycles. The zero-order chi connectivity index (χ0) is 21.1. The average Bonchev–Trinajstić information content (AvgIpc) is 3.20. The van der Waals surface area contributed by atoms with Crippen molar-refractivity contribution >= 4 is 17.8 Å². The number of H-pyrrole nitrogens is 1. The van der Waals surface area contributed by atoms with Gasteiger partial charge in [0.15, 0.2) is 0 Å². The highest BCUT2D eigenvalue weighted by Gasteiger charge is 2.48. The second-order valence-corrected chi connectivity index (χ2v) is 7.36. The molecule has 1 N–H and O–H groups in total. The molecule has 0 fully saturated rings. The number of hydrogen-bond acceptors (Lipinski definition) is 5. The van der Waals surface area contributed by atoms with E-state index in [0.29, 0.717) is 25.1 Å². The van der Waals surface area contributed by atoms with E-state index in [9.17, 15) is 14.8 Å². The number of imide groups is 1. The second kappa shape index (κ2) is 8.17. The summed E-state index contributed by atoms with van der Waals surface area (Å²) in [4.78, 5) is 38.5.